The summed E-state index contributed by atoms with van der Waals surface area (Å²) in [6.07, 6.45) is -0.934. The van der Waals surface area contributed by atoms with E-state index in [0.29, 0.717) is 31.0 Å². The molecule has 0 bridgehead atoms. The van der Waals surface area contributed by atoms with E-state index in [1.54, 1.807) is 37.1 Å². The Labute approximate surface area is 126 Å². The quantitative estimate of drug-likeness (QED) is 0.907. The second-order valence-corrected chi connectivity index (χ2v) is 5.60. The molecule has 1 heterocycles. The van der Waals surface area contributed by atoms with Crippen molar-refractivity contribution >= 4 is 21.8 Å². The number of aliphatic hydroxyl groups excluding tert-OH is 1. The molecule has 1 aromatic carbocycles. The van der Waals surface area contributed by atoms with Gasteiger partial charge in [-0.2, -0.15) is 0 Å². The second-order valence-electron chi connectivity index (χ2n) is 4.75. The highest BCUT2D eigenvalue weighted by molar-refractivity contribution is 9.10. The van der Waals surface area contributed by atoms with E-state index in [1.807, 2.05) is 0 Å². The molecule has 2 rings (SSSR count). The molecule has 0 saturated carbocycles. The minimum atomic E-state index is -0.598. The molecule has 1 saturated heterocycles. The number of halogens is 1. The molecular weight excluding hydrogens is 326 g/mol. The van der Waals surface area contributed by atoms with Crippen LogP contribution in [0.25, 0.3) is 0 Å². The molecule has 1 aromatic rings. The zero-order chi connectivity index (χ0) is 14.7. The van der Waals surface area contributed by atoms with E-state index < -0.39 is 6.10 Å². The molecule has 6 heteroatoms. The summed E-state index contributed by atoms with van der Waals surface area (Å²) in [5.41, 5.74) is 0.551. The number of nitrogens with zero attached hydrogens (tertiary/aromatic N) is 1. The largest absolute Gasteiger partial charge is 0.497 e. The molecule has 5 nitrogen and oxygen atoms in total. The lowest BCUT2D eigenvalue weighted by Gasteiger charge is -2.34. The van der Waals surface area contributed by atoms with Crippen molar-refractivity contribution in [2.75, 3.05) is 26.8 Å². The van der Waals surface area contributed by atoms with Gasteiger partial charge in [0.25, 0.3) is 5.91 Å². The fraction of sp³-hybridized carbons (Fsp3) is 0.500. The molecular formula is C14H18BrNO4. The van der Waals surface area contributed by atoms with Crippen molar-refractivity contribution in [2.24, 2.45) is 0 Å². The van der Waals surface area contributed by atoms with Gasteiger partial charge in [-0.25, -0.2) is 0 Å². The Morgan fingerprint density at radius 2 is 2.35 bits per heavy atom. The number of morpholine rings is 1. The Kier molecular flexibility index (Phi) is 5.01. The Morgan fingerprint density at radius 3 is 3.00 bits per heavy atom. The van der Waals surface area contributed by atoms with Crippen LogP contribution in [0.4, 0.5) is 0 Å². The molecule has 2 unspecified atom stereocenters. The molecule has 1 amide bonds. The number of methoxy groups -OCH3 is 1. The van der Waals surface area contributed by atoms with Gasteiger partial charge in [0.1, 0.15) is 11.9 Å². The maximum atomic E-state index is 12.6. The molecule has 20 heavy (non-hydrogen) atoms. The van der Waals surface area contributed by atoms with Crippen LogP contribution in [0.3, 0.4) is 0 Å². The number of hydrogen-bond acceptors (Lipinski definition) is 4. The van der Waals surface area contributed by atoms with Crippen molar-refractivity contribution in [2.45, 2.75) is 19.1 Å². The topological polar surface area (TPSA) is 59.0 Å². The number of carbonyl (C=O) groups excluding carboxylic acids is 1. The van der Waals surface area contributed by atoms with Gasteiger partial charge in [0.05, 0.1) is 25.4 Å². The van der Waals surface area contributed by atoms with Gasteiger partial charge in [0, 0.05) is 17.6 Å². The molecule has 110 valence electrons. The van der Waals surface area contributed by atoms with Gasteiger partial charge < -0.3 is 19.5 Å². The highest BCUT2D eigenvalue weighted by Crippen LogP contribution is 2.24. The average Bonchev–Trinajstić information content (AvgIpc) is 2.47. The van der Waals surface area contributed by atoms with Gasteiger partial charge in [-0.3, -0.25) is 4.79 Å². The van der Waals surface area contributed by atoms with E-state index in [-0.39, 0.29) is 12.0 Å². The van der Waals surface area contributed by atoms with Crippen LogP contribution in [0.1, 0.15) is 17.3 Å². The normalized spacial score (nSPS) is 20.6. The number of rotatable bonds is 3. The summed E-state index contributed by atoms with van der Waals surface area (Å²) in [4.78, 5) is 14.3. The van der Waals surface area contributed by atoms with Crippen molar-refractivity contribution in [1.82, 2.24) is 4.90 Å². The minimum Gasteiger partial charge on any atom is -0.497 e. The van der Waals surface area contributed by atoms with Gasteiger partial charge in [-0.15, -0.1) is 0 Å². The highest BCUT2D eigenvalue weighted by atomic mass is 79.9. The van der Waals surface area contributed by atoms with Crippen LogP contribution in [-0.4, -0.2) is 54.9 Å². The van der Waals surface area contributed by atoms with E-state index >= 15 is 0 Å². The second kappa shape index (κ2) is 6.56. The lowest BCUT2D eigenvalue weighted by atomic mass is 10.1. The maximum absolute atomic E-state index is 12.6. The van der Waals surface area contributed by atoms with Gasteiger partial charge in [-0.1, -0.05) is 0 Å². The molecule has 1 N–H and O–H groups in total. The first-order valence-corrected chi connectivity index (χ1v) is 7.24. The standard InChI is InChI=1S/C14H18BrNO4/c1-9(17)13-8-16(5-6-20-13)14(18)11-7-10(19-2)3-4-12(11)15/h3-4,7,9,13,17H,5-6,8H2,1-2H3. The summed E-state index contributed by atoms with van der Waals surface area (Å²) in [6.45, 7) is 3.01. The lowest BCUT2D eigenvalue weighted by molar-refractivity contribution is -0.0745. The fourth-order valence-corrected chi connectivity index (χ4v) is 2.53. The van der Waals surface area contributed by atoms with Crippen LogP contribution >= 0.6 is 15.9 Å². The van der Waals surface area contributed by atoms with Gasteiger partial charge >= 0.3 is 0 Å². The number of ether oxygens (including phenoxy) is 2. The molecule has 0 spiro atoms. The van der Waals surface area contributed by atoms with Crippen molar-refractivity contribution in [3.05, 3.63) is 28.2 Å². The molecule has 1 aliphatic heterocycles. The molecule has 0 radical (unpaired) electrons. The summed E-state index contributed by atoms with van der Waals surface area (Å²) in [5.74, 6) is 0.543. The molecule has 2 atom stereocenters. The van der Waals surface area contributed by atoms with E-state index in [9.17, 15) is 9.90 Å². The summed E-state index contributed by atoms with van der Waals surface area (Å²) in [7, 11) is 1.57. The van der Waals surface area contributed by atoms with Crippen LogP contribution in [0, 0.1) is 0 Å². The monoisotopic (exact) mass is 343 g/mol. The smallest absolute Gasteiger partial charge is 0.255 e. The first-order chi connectivity index (χ1) is 9.52. The van der Waals surface area contributed by atoms with Crippen molar-refractivity contribution < 1.29 is 19.4 Å². The first-order valence-electron chi connectivity index (χ1n) is 6.45. The average molecular weight is 344 g/mol. The highest BCUT2D eigenvalue weighted by Gasteiger charge is 2.28. The number of hydrogen-bond donors (Lipinski definition) is 1. The Bertz CT molecular complexity index is 492. The van der Waals surface area contributed by atoms with Gasteiger partial charge in [-0.05, 0) is 41.1 Å². The van der Waals surface area contributed by atoms with E-state index in [1.165, 1.54) is 0 Å². The van der Waals surface area contributed by atoms with Gasteiger partial charge in [0.2, 0.25) is 0 Å². The third kappa shape index (κ3) is 3.31. The maximum Gasteiger partial charge on any atom is 0.255 e. The minimum absolute atomic E-state index is 0.0928. The van der Waals surface area contributed by atoms with Crippen molar-refractivity contribution in [1.29, 1.82) is 0 Å². The van der Waals surface area contributed by atoms with Crippen molar-refractivity contribution in [3.63, 3.8) is 0 Å². The molecule has 1 fully saturated rings. The van der Waals surface area contributed by atoms with Crippen LogP contribution in [0.2, 0.25) is 0 Å². The van der Waals surface area contributed by atoms with Crippen LogP contribution in [-0.2, 0) is 4.74 Å². The van der Waals surface area contributed by atoms with E-state index in [2.05, 4.69) is 15.9 Å². The third-order valence-electron chi connectivity index (χ3n) is 3.32. The Hall–Kier alpha value is -1.11. The Balaban J connectivity index is 2.18. The predicted octanol–water partition coefficient (Wildman–Crippen LogP) is 1.68. The molecule has 1 aliphatic rings. The summed E-state index contributed by atoms with van der Waals surface area (Å²) in [5, 5.41) is 9.59. The number of aliphatic hydroxyl groups is 1. The number of carbonyl (C=O) groups is 1. The number of benzene rings is 1. The molecule has 0 aliphatic carbocycles. The van der Waals surface area contributed by atoms with Gasteiger partial charge in [0.15, 0.2) is 0 Å². The number of amides is 1. The summed E-state index contributed by atoms with van der Waals surface area (Å²) in [6, 6.07) is 5.29. The van der Waals surface area contributed by atoms with Crippen LogP contribution in [0.15, 0.2) is 22.7 Å². The fourth-order valence-electron chi connectivity index (χ4n) is 2.12. The van der Waals surface area contributed by atoms with E-state index in [4.69, 9.17) is 9.47 Å². The lowest BCUT2D eigenvalue weighted by Crippen LogP contribution is -2.49. The first kappa shape index (κ1) is 15.3. The van der Waals surface area contributed by atoms with Crippen LogP contribution in [0.5, 0.6) is 5.75 Å². The van der Waals surface area contributed by atoms with Crippen LogP contribution < -0.4 is 4.74 Å². The Morgan fingerprint density at radius 1 is 1.60 bits per heavy atom. The summed E-state index contributed by atoms with van der Waals surface area (Å²) >= 11 is 3.39. The van der Waals surface area contributed by atoms with E-state index in [0.717, 1.165) is 4.47 Å². The van der Waals surface area contributed by atoms with Crippen molar-refractivity contribution in [3.8, 4) is 5.75 Å². The zero-order valence-corrected chi connectivity index (χ0v) is 13.1. The SMILES string of the molecule is COc1ccc(Br)c(C(=O)N2CCOC(C(C)O)C2)c1. The predicted molar refractivity (Wildman–Crippen MR) is 78.0 cm³/mol. The zero-order valence-electron chi connectivity index (χ0n) is 11.5. The third-order valence-corrected chi connectivity index (χ3v) is 4.01. The summed E-state index contributed by atoms with van der Waals surface area (Å²) < 4.78 is 11.3. The molecule has 0 aromatic heterocycles.